The third-order valence-electron chi connectivity index (χ3n) is 1.94. The Balaban J connectivity index is 3.71. The fourth-order valence-electron chi connectivity index (χ4n) is 1.11. The van der Waals surface area contributed by atoms with E-state index in [0.717, 1.165) is 0 Å². The molecular formula is C12H21NO4. The van der Waals surface area contributed by atoms with E-state index in [1.165, 1.54) is 0 Å². The Hall–Kier alpha value is -1.36. The first-order valence-electron chi connectivity index (χ1n) is 5.59. The second-order valence-electron chi connectivity index (χ2n) is 4.32. The van der Waals surface area contributed by atoms with Gasteiger partial charge in [-0.15, -0.1) is 0 Å². The maximum absolute atomic E-state index is 11.4. The first kappa shape index (κ1) is 15.6. The van der Waals surface area contributed by atoms with Gasteiger partial charge >= 0.3 is 11.9 Å². The van der Waals surface area contributed by atoms with Crippen LogP contribution in [0.5, 0.6) is 0 Å². The second-order valence-corrected chi connectivity index (χ2v) is 4.32. The molecule has 0 amide bonds. The van der Waals surface area contributed by atoms with Gasteiger partial charge in [0.05, 0.1) is 0 Å². The highest BCUT2D eigenvalue weighted by molar-refractivity contribution is 5.86. The third-order valence-corrected chi connectivity index (χ3v) is 1.94. The van der Waals surface area contributed by atoms with E-state index in [1.807, 2.05) is 13.8 Å². The van der Waals surface area contributed by atoms with Crippen molar-refractivity contribution in [2.45, 2.75) is 33.2 Å². The zero-order valence-electron chi connectivity index (χ0n) is 10.7. The molecule has 1 atom stereocenters. The van der Waals surface area contributed by atoms with Crippen molar-refractivity contribution < 1.29 is 19.1 Å². The molecule has 0 heterocycles. The summed E-state index contributed by atoms with van der Waals surface area (Å²) in [6, 6.07) is -0.619. The number of nitrogens with two attached hydrogens (primary N) is 1. The van der Waals surface area contributed by atoms with Crippen LogP contribution >= 0.6 is 0 Å². The summed E-state index contributed by atoms with van der Waals surface area (Å²) in [6.45, 7) is 8.96. The van der Waals surface area contributed by atoms with Crippen molar-refractivity contribution in [2.75, 3.05) is 13.2 Å². The molecule has 0 saturated heterocycles. The molecule has 0 bridgehead atoms. The molecule has 0 rings (SSSR count). The Kier molecular flexibility index (Phi) is 7.21. The average molecular weight is 243 g/mol. The molecule has 0 radical (unpaired) electrons. The highest BCUT2D eigenvalue weighted by atomic mass is 16.6. The number of carbonyl (C=O) groups is 2. The molecule has 0 spiro atoms. The van der Waals surface area contributed by atoms with E-state index in [9.17, 15) is 9.59 Å². The number of hydrogen-bond donors (Lipinski definition) is 1. The SMILES string of the molecule is C=C(C)C(=O)OCCOC(=O)[C@H](N)CC(C)C. The van der Waals surface area contributed by atoms with E-state index < -0.39 is 18.0 Å². The smallest absolute Gasteiger partial charge is 0.333 e. The molecule has 0 saturated carbocycles. The summed E-state index contributed by atoms with van der Waals surface area (Å²) in [5.41, 5.74) is 5.92. The van der Waals surface area contributed by atoms with Gasteiger partial charge in [-0.25, -0.2) is 4.79 Å². The maximum Gasteiger partial charge on any atom is 0.333 e. The molecule has 5 heteroatoms. The quantitative estimate of drug-likeness (QED) is 0.410. The predicted molar refractivity (Wildman–Crippen MR) is 64.2 cm³/mol. The van der Waals surface area contributed by atoms with Gasteiger partial charge in [0.1, 0.15) is 19.3 Å². The molecule has 0 aromatic rings. The van der Waals surface area contributed by atoms with E-state index in [4.69, 9.17) is 15.2 Å². The lowest BCUT2D eigenvalue weighted by atomic mass is 10.1. The number of rotatable bonds is 7. The van der Waals surface area contributed by atoms with Crippen LogP contribution in [0.15, 0.2) is 12.2 Å². The normalized spacial score (nSPS) is 12.1. The van der Waals surface area contributed by atoms with Gasteiger partial charge in [-0.05, 0) is 19.3 Å². The van der Waals surface area contributed by atoms with Crippen molar-refractivity contribution in [1.29, 1.82) is 0 Å². The Morgan fingerprint density at radius 3 is 2.24 bits per heavy atom. The van der Waals surface area contributed by atoms with Crippen LogP contribution in [0, 0.1) is 5.92 Å². The molecule has 0 aromatic heterocycles. The number of esters is 2. The van der Waals surface area contributed by atoms with E-state index in [-0.39, 0.29) is 13.2 Å². The summed E-state index contributed by atoms with van der Waals surface area (Å²) in [5.74, 6) is -0.628. The van der Waals surface area contributed by atoms with Gasteiger partial charge in [-0.2, -0.15) is 0 Å². The van der Waals surface area contributed by atoms with E-state index in [1.54, 1.807) is 6.92 Å². The van der Waals surface area contributed by atoms with Gasteiger partial charge < -0.3 is 15.2 Å². The minimum Gasteiger partial charge on any atom is -0.461 e. The highest BCUT2D eigenvalue weighted by Crippen LogP contribution is 2.03. The van der Waals surface area contributed by atoms with E-state index in [0.29, 0.717) is 17.9 Å². The summed E-state index contributed by atoms with van der Waals surface area (Å²) in [4.78, 5) is 22.3. The minimum absolute atomic E-state index is 0.0175. The largest absolute Gasteiger partial charge is 0.461 e. The van der Waals surface area contributed by atoms with E-state index in [2.05, 4.69) is 6.58 Å². The Morgan fingerprint density at radius 1 is 1.24 bits per heavy atom. The number of hydrogen-bond acceptors (Lipinski definition) is 5. The first-order chi connectivity index (χ1) is 7.84. The monoisotopic (exact) mass is 243 g/mol. The Morgan fingerprint density at radius 2 is 1.76 bits per heavy atom. The first-order valence-corrected chi connectivity index (χ1v) is 5.59. The fourth-order valence-corrected chi connectivity index (χ4v) is 1.11. The van der Waals surface area contributed by atoms with Crippen molar-refractivity contribution in [3.8, 4) is 0 Å². The maximum atomic E-state index is 11.4. The summed E-state index contributed by atoms with van der Waals surface area (Å²) < 4.78 is 9.62. The second kappa shape index (κ2) is 7.84. The zero-order valence-corrected chi connectivity index (χ0v) is 10.7. The van der Waals surface area contributed by atoms with Crippen molar-refractivity contribution in [3.63, 3.8) is 0 Å². The Bertz CT molecular complexity index is 286. The van der Waals surface area contributed by atoms with Crippen LogP contribution in [-0.2, 0) is 19.1 Å². The van der Waals surface area contributed by atoms with Gasteiger partial charge in [0.15, 0.2) is 0 Å². The molecule has 2 N–H and O–H groups in total. The van der Waals surface area contributed by atoms with Crippen LogP contribution in [0.2, 0.25) is 0 Å². The van der Waals surface area contributed by atoms with Gasteiger partial charge in [0, 0.05) is 5.57 Å². The molecule has 0 unspecified atom stereocenters. The summed E-state index contributed by atoms with van der Waals surface area (Å²) >= 11 is 0. The van der Waals surface area contributed by atoms with Crippen molar-refractivity contribution >= 4 is 11.9 Å². The summed E-state index contributed by atoms with van der Waals surface area (Å²) in [5, 5.41) is 0. The van der Waals surface area contributed by atoms with Crippen LogP contribution in [0.4, 0.5) is 0 Å². The zero-order chi connectivity index (χ0) is 13.4. The fraction of sp³-hybridized carbons (Fsp3) is 0.667. The van der Waals surface area contributed by atoms with Crippen molar-refractivity contribution in [1.82, 2.24) is 0 Å². The standard InChI is InChI=1S/C12H21NO4/c1-8(2)7-10(13)12(15)17-6-5-16-11(14)9(3)4/h8,10H,3,5-7,13H2,1-2,4H3/t10-/m1/s1. The average Bonchev–Trinajstić information content (AvgIpc) is 2.22. The molecule has 0 aliphatic carbocycles. The molecule has 0 aliphatic rings. The molecule has 17 heavy (non-hydrogen) atoms. The molecular weight excluding hydrogens is 222 g/mol. The van der Waals surface area contributed by atoms with Gasteiger partial charge in [-0.1, -0.05) is 20.4 Å². The van der Waals surface area contributed by atoms with Crippen LogP contribution in [-0.4, -0.2) is 31.2 Å². The van der Waals surface area contributed by atoms with E-state index >= 15 is 0 Å². The van der Waals surface area contributed by atoms with Gasteiger partial charge in [0.2, 0.25) is 0 Å². The lowest BCUT2D eigenvalue weighted by Crippen LogP contribution is -2.34. The lowest BCUT2D eigenvalue weighted by molar-refractivity contribution is -0.151. The highest BCUT2D eigenvalue weighted by Gasteiger charge is 2.16. The van der Waals surface area contributed by atoms with Crippen LogP contribution in [0.25, 0.3) is 0 Å². The van der Waals surface area contributed by atoms with Crippen molar-refractivity contribution in [2.24, 2.45) is 11.7 Å². The summed E-state index contributed by atoms with van der Waals surface area (Å²) in [7, 11) is 0. The van der Waals surface area contributed by atoms with Crippen LogP contribution in [0.3, 0.4) is 0 Å². The summed E-state index contributed by atoms with van der Waals surface area (Å²) in [6.07, 6.45) is 0.574. The predicted octanol–water partition coefficient (Wildman–Crippen LogP) is 1.02. The van der Waals surface area contributed by atoms with Crippen molar-refractivity contribution in [3.05, 3.63) is 12.2 Å². The van der Waals surface area contributed by atoms with Gasteiger partial charge in [-0.3, -0.25) is 4.79 Å². The van der Waals surface area contributed by atoms with Crippen LogP contribution < -0.4 is 5.73 Å². The minimum atomic E-state index is -0.619. The molecule has 0 aliphatic heterocycles. The molecule has 5 nitrogen and oxygen atoms in total. The number of ether oxygens (including phenoxy) is 2. The molecule has 0 fully saturated rings. The lowest BCUT2D eigenvalue weighted by Gasteiger charge is -2.13. The van der Waals surface area contributed by atoms with Crippen LogP contribution in [0.1, 0.15) is 27.2 Å². The Labute approximate surface area is 102 Å². The molecule has 98 valence electrons. The number of carbonyl (C=O) groups excluding carboxylic acids is 2. The van der Waals surface area contributed by atoms with Gasteiger partial charge in [0.25, 0.3) is 0 Å². The topological polar surface area (TPSA) is 78.6 Å². The third kappa shape index (κ3) is 7.52. The molecule has 0 aromatic carbocycles.